The van der Waals surface area contributed by atoms with Gasteiger partial charge in [0.2, 0.25) is 0 Å². The Balaban J connectivity index is 1.29. The first-order valence-electron chi connectivity index (χ1n) is 14.1. The third-order valence-corrected chi connectivity index (χ3v) is 7.43. The molecule has 1 atom stereocenters. The third-order valence-electron chi connectivity index (χ3n) is 7.18. The Morgan fingerprint density at radius 1 is 0.810 bits per heavy atom. The van der Waals surface area contributed by atoms with Crippen molar-refractivity contribution in [2.75, 3.05) is 20.3 Å². The number of carboxylic acid groups (broad SMARTS) is 1. The molecule has 0 saturated carbocycles. The van der Waals surface area contributed by atoms with Crippen molar-refractivity contribution in [3.63, 3.8) is 0 Å². The van der Waals surface area contributed by atoms with Gasteiger partial charge in [-0.2, -0.15) is 0 Å². The number of hydrogen-bond donors (Lipinski definition) is 2. The van der Waals surface area contributed by atoms with Gasteiger partial charge in [-0.05, 0) is 90.0 Å². The van der Waals surface area contributed by atoms with Crippen molar-refractivity contribution in [1.29, 1.82) is 0 Å². The summed E-state index contributed by atoms with van der Waals surface area (Å²) in [5.74, 6) is 0.693. The van der Waals surface area contributed by atoms with Gasteiger partial charge in [0.05, 0.1) is 20.1 Å². The van der Waals surface area contributed by atoms with E-state index in [0.29, 0.717) is 17.2 Å². The monoisotopic (exact) mass is 585 g/mol. The second-order valence-corrected chi connectivity index (χ2v) is 10.6. The van der Waals surface area contributed by atoms with Crippen LogP contribution in [0.1, 0.15) is 53.1 Å². The summed E-state index contributed by atoms with van der Waals surface area (Å²) in [6.07, 6.45) is 3.80. The minimum Gasteiger partial charge on any atom is -0.497 e. The number of rotatable bonds is 15. The highest BCUT2D eigenvalue weighted by atomic mass is 35.5. The van der Waals surface area contributed by atoms with Crippen LogP contribution >= 0.6 is 11.6 Å². The van der Waals surface area contributed by atoms with E-state index in [9.17, 15) is 9.59 Å². The number of benzene rings is 4. The Morgan fingerprint density at radius 2 is 1.43 bits per heavy atom. The van der Waals surface area contributed by atoms with E-state index in [1.165, 1.54) is 5.56 Å². The van der Waals surface area contributed by atoms with Crippen molar-refractivity contribution in [1.82, 2.24) is 5.32 Å². The molecule has 0 aliphatic carbocycles. The summed E-state index contributed by atoms with van der Waals surface area (Å²) >= 11 is 6.15. The number of halogens is 1. The summed E-state index contributed by atoms with van der Waals surface area (Å²) in [5, 5.41) is 12.1. The van der Waals surface area contributed by atoms with Gasteiger partial charge in [0, 0.05) is 23.0 Å². The van der Waals surface area contributed by atoms with E-state index in [4.69, 9.17) is 26.2 Å². The van der Waals surface area contributed by atoms with Crippen LogP contribution in [0.2, 0.25) is 5.02 Å². The van der Waals surface area contributed by atoms with Crippen LogP contribution in [0.25, 0.3) is 11.1 Å². The Bertz CT molecular complexity index is 1420. The standard InChI is InChI=1S/C35H36ClNO5/c1-41-32-18-12-26(13-19-32)27-14-20-33(21-15-27)42-24-30(28-10-16-31(36)17-11-28)5-3-2-4-25-6-8-29(9-7-25)35(40)37-23-22-34(38)39/h6-21,30H,2-5,22-24H2,1H3,(H,37,40)(H,38,39). The zero-order valence-corrected chi connectivity index (χ0v) is 24.5. The van der Waals surface area contributed by atoms with E-state index >= 15 is 0 Å². The van der Waals surface area contributed by atoms with Crippen molar-refractivity contribution >= 4 is 23.5 Å². The minimum absolute atomic E-state index is 0.0945. The second kappa shape index (κ2) is 15.6. The molecule has 0 bridgehead atoms. The van der Waals surface area contributed by atoms with E-state index < -0.39 is 5.97 Å². The Morgan fingerprint density at radius 3 is 2.02 bits per heavy atom. The molecular weight excluding hydrogens is 550 g/mol. The zero-order chi connectivity index (χ0) is 29.7. The molecule has 218 valence electrons. The van der Waals surface area contributed by atoms with Crippen molar-refractivity contribution in [2.45, 2.75) is 38.0 Å². The number of hydrogen-bond acceptors (Lipinski definition) is 4. The number of carbonyl (C=O) groups excluding carboxylic acids is 1. The van der Waals surface area contributed by atoms with E-state index in [1.807, 2.05) is 60.7 Å². The summed E-state index contributed by atoms with van der Waals surface area (Å²) in [4.78, 5) is 22.8. The number of aliphatic carboxylic acids is 1. The highest BCUT2D eigenvalue weighted by Gasteiger charge is 2.14. The molecule has 0 saturated heterocycles. The Kier molecular flexibility index (Phi) is 11.4. The Labute approximate surface area is 252 Å². The molecule has 0 fully saturated rings. The fourth-order valence-electron chi connectivity index (χ4n) is 4.73. The van der Waals surface area contributed by atoms with Gasteiger partial charge in [-0.1, -0.05) is 66.6 Å². The fraction of sp³-hybridized carbons (Fsp3) is 0.257. The minimum atomic E-state index is -0.935. The maximum absolute atomic E-state index is 12.2. The predicted octanol–water partition coefficient (Wildman–Crippen LogP) is 7.80. The molecule has 2 N–H and O–H groups in total. The topological polar surface area (TPSA) is 84.9 Å². The molecule has 0 spiro atoms. The lowest BCUT2D eigenvalue weighted by Gasteiger charge is -2.19. The number of carboxylic acids is 1. The number of aryl methyl sites for hydroxylation is 1. The predicted molar refractivity (Wildman–Crippen MR) is 167 cm³/mol. The molecule has 0 aromatic heterocycles. The molecule has 6 nitrogen and oxygen atoms in total. The van der Waals surface area contributed by atoms with E-state index in [2.05, 4.69) is 29.6 Å². The molecule has 0 aliphatic heterocycles. The fourth-order valence-corrected chi connectivity index (χ4v) is 4.86. The van der Waals surface area contributed by atoms with Gasteiger partial charge in [-0.15, -0.1) is 0 Å². The van der Waals surface area contributed by atoms with E-state index in [1.54, 1.807) is 19.2 Å². The number of ether oxygens (including phenoxy) is 2. The molecule has 1 amide bonds. The lowest BCUT2D eigenvalue weighted by Crippen LogP contribution is -2.25. The average Bonchev–Trinajstić information content (AvgIpc) is 3.01. The lowest BCUT2D eigenvalue weighted by atomic mass is 9.93. The number of amides is 1. The number of methoxy groups -OCH3 is 1. The summed E-state index contributed by atoms with van der Waals surface area (Å²) < 4.78 is 11.5. The second-order valence-electron chi connectivity index (χ2n) is 10.2. The third kappa shape index (κ3) is 9.38. The number of unbranched alkanes of at least 4 members (excludes halogenated alkanes) is 1. The molecule has 4 aromatic rings. The molecule has 4 aromatic carbocycles. The van der Waals surface area contributed by atoms with Crippen molar-refractivity contribution < 1.29 is 24.2 Å². The van der Waals surface area contributed by atoms with Crippen LogP contribution in [0, 0.1) is 0 Å². The SMILES string of the molecule is COc1ccc(-c2ccc(OCC(CCCCc3ccc(C(=O)NCCC(=O)O)cc3)c3ccc(Cl)cc3)cc2)cc1. The van der Waals surface area contributed by atoms with Crippen molar-refractivity contribution in [3.05, 3.63) is 119 Å². The molecule has 7 heteroatoms. The Hall–Kier alpha value is -4.29. The molecule has 1 unspecified atom stereocenters. The summed E-state index contributed by atoms with van der Waals surface area (Å²) in [6.45, 7) is 0.679. The largest absolute Gasteiger partial charge is 0.497 e. The van der Waals surface area contributed by atoms with Gasteiger partial charge in [-0.3, -0.25) is 9.59 Å². The van der Waals surface area contributed by atoms with Gasteiger partial charge in [-0.25, -0.2) is 0 Å². The van der Waals surface area contributed by atoms with Crippen molar-refractivity contribution in [3.8, 4) is 22.6 Å². The normalized spacial score (nSPS) is 11.5. The van der Waals surface area contributed by atoms with Crippen LogP contribution in [0.4, 0.5) is 0 Å². The first kappa shape index (κ1) is 30.7. The van der Waals surface area contributed by atoms with Crippen LogP contribution in [-0.2, 0) is 11.2 Å². The van der Waals surface area contributed by atoms with Gasteiger partial charge >= 0.3 is 5.97 Å². The van der Waals surface area contributed by atoms with Crippen LogP contribution in [-0.4, -0.2) is 37.2 Å². The maximum atomic E-state index is 12.2. The molecule has 0 radical (unpaired) electrons. The van der Waals surface area contributed by atoms with Crippen LogP contribution in [0.15, 0.2) is 97.1 Å². The lowest BCUT2D eigenvalue weighted by molar-refractivity contribution is -0.136. The van der Waals surface area contributed by atoms with Gasteiger partial charge in [0.1, 0.15) is 11.5 Å². The van der Waals surface area contributed by atoms with Gasteiger partial charge in [0.15, 0.2) is 0 Å². The van der Waals surface area contributed by atoms with Crippen LogP contribution < -0.4 is 14.8 Å². The van der Waals surface area contributed by atoms with E-state index in [-0.39, 0.29) is 24.8 Å². The number of carbonyl (C=O) groups is 2. The average molecular weight is 586 g/mol. The van der Waals surface area contributed by atoms with Crippen molar-refractivity contribution in [2.24, 2.45) is 0 Å². The molecular formula is C35H36ClNO5. The van der Waals surface area contributed by atoms with Crippen LogP contribution in [0.5, 0.6) is 11.5 Å². The van der Waals surface area contributed by atoms with Gasteiger partial charge in [0.25, 0.3) is 5.91 Å². The molecule has 0 aliphatic rings. The first-order valence-corrected chi connectivity index (χ1v) is 14.5. The highest BCUT2D eigenvalue weighted by Crippen LogP contribution is 2.28. The molecule has 0 heterocycles. The number of nitrogens with one attached hydrogen (secondary N) is 1. The van der Waals surface area contributed by atoms with Gasteiger partial charge < -0.3 is 19.9 Å². The first-order chi connectivity index (χ1) is 20.4. The molecule has 4 rings (SSSR count). The summed E-state index contributed by atoms with van der Waals surface area (Å²) in [6, 6.07) is 31.6. The zero-order valence-electron chi connectivity index (χ0n) is 23.7. The summed E-state index contributed by atoms with van der Waals surface area (Å²) in [5.41, 5.74) is 5.13. The van der Waals surface area contributed by atoms with E-state index in [0.717, 1.165) is 53.9 Å². The quantitative estimate of drug-likeness (QED) is 0.139. The smallest absolute Gasteiger partial charge is 0.305 e. The van der Waals surface area contributed by atoms with Crippen LogP contribution in [0.3, 0.4) is 0 Å². The highest BCUT2D eigenvalue weighted by molar-refractivity contribution is 6.30. The maximum Gasteiger partial charge on any atom is 0.305 e. The molecule has 42 heavy (non-hydrogen) atoms. The summed E-state index contributed by atoms with van der Waals surface area (Å²) in [7, 11) is 1.66.